The topological polar surface area (TPSA) is 46.3 Å². The second-order valence-electron chi connectivity index (χ2n) is 4.50. The fourth-order valence-electron chi connectivity index (χ4n) is 2.13. The summed E-state index contributed by atoms with van der Waals surface area (Å²) in [6, 6.07) is 4.75. The molecule has 0 spiro atoms. The molecule has 0 aliphatic carbocycles. The molecule has 20 heavy (non-hydrogen) atoms. The van der Waals surface area contributed by atoms with Crippen LogP contribution in [0.25, 0.3) is 10.1 Å². The summed E-state index contributed by atoms with van der Waals surface area (Å²) in [5, 5.41) is 0.343. The van der Waals surface area contributed by atoms with Crippen molar-refractivity contribution in [3.8, 4) is 0 Å². The summed E-state index contributed by atoms with van der Waals surface area (Å²) in [7, 11) is 0. The Kier molecular flexibility index (Phi) is 4.39. The highest BCUT2D eigenvalue weighted by Crippen LogP contribution is 2.36. The van der Waals surface area contributed by atoms with E-state index in [0.29, 0.717) is 28.1 Å². The lowest BCUT2D eigenvalue weighted by molar-refractivity contribution is 0.0780. The van der Waals surface area contributed by atoms with Crippen LogP contribution in [-0.2, 0) is 0 Å². The Morgan fingerprint density at radius 1 is 1.55 bits per heavy atom. The molecule has 0 aliphatic rings. The minimum atomic E-state index is -0.388. The van der Waals surface area contributed by atoms with Gasteiger partial charge in [-0.25, -0.2) is 4.39 Å². The fraction of sp³-hybridized carbons (Fsp3) is 0.267. The Bertz CT molecular complexity index is 651. The molecule has 1 heterocycles. The Morgan fingerprint density at radius 3 is 2.90 bits per heavy atom. The van der Waals surface area contributed by atoms with E-state index in [-0.39, 0.29) is 17.4 Å². The van der Waals surface area contributed by atoms with Crippen molar-refractivity contribution in [2.75, 3.05) is 18.8 Å². The number of fused-ring (bicyclic) bond motifs is 1. The minimum absolute atomic E-state index is 0.162. The number of carbonyl (C=O) groups is 1. The number of hydrogen-bond donors (Lipinski definition) is 1. The standard InChI is InChI=1S/C15H17FN2OS/c1-3-8-18(9-4-2)15(19)14-13(17)12-10(16)6-5-7-11(12)20-14/h3,5-7H,1,4,8-9,17H2,2H3. The number of nitrogens with two attached hydrogens (primary N) is 1. The highest BCUT2D eigenvalue weighted by molar-refractivity contribution is 7.21. The van der Waals surface area contributed by atoms with Crippen LogP contribution in [0.4, 0.5) is 10.1 Å². The number of thiophene rings is 1. The molecule has 1 aromatic carbocycles. The van der Waals surface area contributed by atoms with Crippen LogP contribution >= 0.6 is 11.3 Å². The van der Waals surface area contributed by atoms with Gasteiger partial charge in [-0.15, -0.1) is 17.9 Å². The number of carbonyl (C=O) groups excluding carboxylic acids is 1. The number of nitrogen functional groups attached to an aromatic ring is 1. The maximum Gasteiger partial charge on any atom is 0.266 e. The Labute approximate surface area is 121 Å². The van der Waals surface area contributed by atoms with Crippen molar-refractivity contribution in [3.63, 3.8) is 0 Å². The number of rotatable bonds is 5. The Balaban J connectivity index is 2.46. The van der Waals surface area contributed by atoms with Crippen LogP contribution in [0.3, 0.4) is 0 Å². The molecule has 1 aromatic heterocycles. The number of amides is 1. The van der Waals surface area contributed by atoms with Gasteiger partial charge in [-0.05, 0) is 18.6 Å². The van der Waals surface area contributed by atoms with Gasteiger partial charge < -0.3 is 10.6 Å². The maximum atomic E-state index is 13.8. The first-order chi connectivity index (χ1) is 9.60. The first-order valence-electron chi connectivity index (χ1n) is 6.46. The summed E-state index contributed by atoms with van der Waals surface area (Å²) < 4.78 is 14.5. The lowest BCUT2D eigenvalue weighted by Crippen LogP contribution is -2.31. The molecule has 0 fully saturated rings. The van der Waals surface area contributed by atoms with Crippen molar-refractivity contribution in [3.05, 3.63) is 41.5 Å². The van der Waals surface area contributed by atoms with Crippen LogP contribution < -0.4 is 5.73 Å². The molecule has 2 aromatic rings. The third-order valence-corrected chi connectivity index (χ3v) is 4.18. The first-order valence-corrected chi connectivity index (χ1v) is 7.28. The molecular formula is C15H17FN2OS. The van der Waals surface area contributed by atoms with Gasteiger partial charge in [0.15, 0.2) is 0 Å². The van der Waals surface area contributed by atoms with Gasteiger partial charge in [0.1, 0.15) is 10.7 Å². The van der Waals surface area contributed by atoms with E-state index < -0.39 is 0 Å². The number of halogens is 1. The maximum absolute atomic E-state index is 13.8. The number of benzene rings is 1. The zero-order valence-electron chi connectivity index (χ0n) is 11.4. The van der Waals surface area contributed by atoms with Gasteiger partial charge in [0.25, 0.3) is 5.91 Å². The van der Waals surface area contributed by atoms with Gasteiger partial charge in [-0.3, -0.25) is 4.79 Å². The van der Waals surface area contributed by atoms with Gasteiger partial charge in [-0.2, -0.15) is 0 Å². The molecule has 3 nitrogen and oxygen atoms in total. The lowest BCUT2D eigenvalue weighted by atomic mass is 10.2. The van der Waals surface area contributed by atoms with Crippen LogP contribution in [0.1, 0.15) is 23.0 Å². The van der Waals surface area contributed by atoms with Crippen molar-refractivity contribution in [2.45, 2.75) is 13.3 Å². The average Bonchev–Trinajstić information content (AvgIpc) is 2.76. The largest absolute Gasteiger partial charge is 0.397 e. The molecule has 0 bridgehead atoms. The minimum Gasteiger partial charge on any atom is -0.397 e. The number of anilines is 1. The van der Waals surface area contributed by atoms with Gasteiger partial charge in [0, 0.05) is 17.8 Å². The summed E-state index contributed by atoms with van der Waals surface area (Å²) >= 11 is 1.24. The monoisotopic (exact) mass is 292 g/mol. The average molecular weight is 292 g/mol. The molecule has 2 rings (SSSR count). The van der Waals surface area contributed by atoms with Crippen LogP contribution in [0.2, 0.25) is 0 Å². The zero-order chi connectivity index (χ0) is 14.7. The van der Waals surface area contributed by atoms with Crippen molar-refractivity contribution < 1.29 is 9.18 Å². The second kappa shape index (κ2) is 6.05. The molecule has 0 saturated carbocycles. The zero-order valence-corrected chi connectivity index (χ0v) is 12.2. The second-order valence-corrected chi connectivity index (χ2v) is 5.55. The summed E-state index contributed by atoms with van der Waals surface area (Å²) in [5.74, 6) is -0.550. The van der Waals surface area contributed by atoms with Crippen molar-refractivity contribution in [1.29, 1.82) is 0 Å². The summed E-state index contributed by atoms with van der Waals surface area (Å²) in [5.41, 5.74) is 6.20. The Hall–Kier alpha value is -1.88. The molecule has 0 saturated heterocycles. The highest BCUT2D eigenvalue weighted by atomic mass is 32.1. The van der Waals surface area contributed by atoms with Crippen molar-refractivity contribution in [2.24, 2.45) is 0 Å². The molecule has 1 amide bonds. The van der Waals surface area contributed by atoms with E-state index in [2.05, 4.69) is 6.58 Å². The van der Waals surface area contributed by atoms with E-state index in [1.165, 1.54) is 17.4 Å². The molecule has 106 valence electrons. The summed E-state index contributed by atoms with van der Waals surface area (Å²) in [6.45, 7) is 6.74. The third kappa shape index (κ3) is 2.54. The van der Waals surface area contributed by atoms with Crippen molar-refractivity contribution in [1.82, 2.24) is 4.90 Å². The van der Waals surface area contributed by atoms with Gasteiger partial charge in [0.05, 0.1) is 11.1 Å². The molecule has 0 aliphatic heterocycles. The van der Waals surface area contributed by atoms with Crippen LogP contribution in [0.5, 0.6) is 0 Å². The van der Waals surface area contributed by atoms with Crippen molar-refractivity contribution >= 4 is 33.0 Å². The fourth-order valence-corrected chi connectivity index (χ4v) is 3.24. The molecule has 2 N–H and O–H groups in total. The van der Waals surface area contributed by atoms with E-state index in [4.69, 9.17) is 5.73 Å². The van der Waals surface area contributed by atoms with E-state index >= 15 is 0 Å². The van der Waals surface area contributed by atoms with E-state index in [1.807, 2.05) is 6.92 Å². The first kappa shape index (κ1) is 14.5. The number of nitrogens with zero attached hydrogens (tertiary/aromatic N) is 1. The van der Waals surface area contributed by atoms with E-state index in [9.17, 15) is 9.18 Å². The van der Waals surface area contributed by atoms with Crippen LogP contribution in [-0.4, -0.2) is 23.9 Å². The predicted molar refractivity (Wildman–Crippen MR) is 82.6 cm³/mol. The summed E-state index contributed by atoms with van der Waals surface area (Å²) in [6.07, 6.45) is 2.52. The molecular weight excluding hydrogens is 275 g/mol. The highest BCUT2D eigenvalue weighted by Gasteiger charge is 2.22. The Morgan fingerprint density at radius 2 is 2.30 bits per heavy atom. The van der Waals surface area contributed by atoms with Crippen LogP contribution in [0, 0.1) is 5.82 Å². The van der Waals surface area contributed by atoms with Gasteiger partial charge in [-0.1, -0.05) is 19.1 Å². The van der Waals surface area contributed by atoms with Gasteiger partial charge in [0.2, 0.25) is 0 Å². The molecule has 0 atom stereocenters. The third-order valence-electron chi connectivity index (χ3n) is 3.03. The molecule has 0 radical (unpaired) electrons. The smallest absolute Gasteiger partial charge is 0.266 e. The predicted octanol–water partition coefficient (Wildman–Crippen LogP) is 3.66. The quantitative estimate of drug-likeness (QED) is 0.855. The normalized spacial score (nSPS) is 10.7. The molecule has 5 heteroatoms. The van der Waals surface area contributed by atoms with E-state index in [0.717, 1.165) is 6.42 Å². The van der Waals surface area contributed by atoms with Crippen LogP contribution in [0.15, 0.2) is 30.9 Å². The van der Waals surface area contributed by atoms with Gasteiger partial charge >= 0.3 is 0 Å². The molecule has 0 unspecified atom stereocenters. The lowest BCUT2D eigenvalue weighted by Gasteiger charge is -2.19. The summed E-state index contributed by atoms with van der Waals surface area (Å²) in [4.78, 5) is 14.6. The SMILES string of the molecule is C=CCN(CCC)C(=O)c1sc2cccc(F)c2c1N. The van der Waals surface area contributed by atoms with E-state index in [1.54, 1.807) is 23.1 Å². The number of hydrogen-bond acceptors (Lipinski definition) is 3.